The van der Waals surface area contributed by atoms with Crippen molar-refractivity contribution in [2.75, 3.05) is 13.2 Å². The molecule has 0 spiro atoms. The number of Topliss-reactive ketones (excluding diaryl/α,β-unsaturated/α-hetero) is 1. The number of carbonyl (C=O) groups excluding carboxylic acids is 1. The number of hydrogen-bond donors (Lipinski definition) is 0. The highest BCUT2D eigenvalue weighted by molar-refractivity contribution is 5.92. The van der Waals surface area contributed by atoms with E-state index in [0.29, 0.717) is 5.82 Å². The molecular weight excluding hydrogens is 230 g/mol. The molecule has 4 nitrogen and oxygen atoms in total. The van der Waals surface area contributed by atoms with Gasteiger partial charge >= 0.3 is 0 Å². The van der Waals surface area contributed by atoms with Gasteiger partial charge in [-0.1, -0.05) is 6.92 Å². The smallest absolute Gasteiger partial charge is 0.261 e. The Morgan fingerprint density at radius 1 is 1.59 bits per heavy atom. The zero-order valence-electron chi connectivity index (χ0n) is 9.73. The first-order chi connectivity index (χ1) is 8.15. The van der Waals surface area contributed by atoms with Gasteiger partial charge in [0.15, 0.2) is 5.82 Å². The van der Waals surface area contributed by atoms with Crippen molar-refractivity contribution >= 4 is 5.78 Å². The molecule has 0 aliphatic carbocycles. The summed E-state index contributed by atoms with van der Waals surface area (Å²) in [4.78, 5) is 15.7. The van der Waals surface area contributed by atoms with Crippen LogP contribution < -0.4 is 0 Å². The number of imidazole rings is 1. The lowest BCUT2D eigenvalue weighted by Crippen LogP contribution is -2.14. The average molecular weight is 246 g/mol. The molecule has 0 aliphatic heterocycles. The van der Waals surface area contributed by atoms with Crippen LogP contribution in [0.3, 0.4) is 0 Å². The van der Waals surface area contributed by atoms with Gasteiger partial charge in [0.2, 0.25) is 5.78 Å². The number of aromatic nitrogens is 2. The van der Waals surface area contributed by atoms with Gasteiger partial charge < -0.3 is 9.30 Å². The third-order valence-corrected chi connectivity index (χ3v) is 2.15. The molecule has 0 aromatic carbocycles. The Bertz CT molecular complexity index is 353. The van der Waals surface area contributed by atoms with Crippen LogP contribution in [0, 0.1) is 0 Å². The molecule has 0 radical (unpaired) electrons. The van der Waals surface area contributed by atoms with Crippen molar-refractivity contribution in [3.8, 4) is 0 Å². The van der Waals surface area contributed by atoms with Crippen LogP contribution in [-0.4, -0.2) is 35.0 Å². The zero-order chi connectivity index (χ0) is 12.7. The molecule has 1 aromatic rings. The number of halogens is 2. The summed E-state index contributed by atoms with van der Waals surface area (Å²) in [6, 6.07) is 0. The molecule has 0 saturated heterocycles. The normalized spacial score (nSPS) is 11.1. The second-order valence-corrected chi connectivity index (χ2v) is 3.58. The average Bonchev–Trinajstić information content (AvgIpc) is 2.72. The van der Waals surface area contributed by atoms with Crippen LogP contribution in [0.1, 0.15) is 30.4 Å². The van der Waals surface area contributed by atoms with Crippen molar-refractivity contribution in [2.24, 2.45) is 0 Å². The molecule has 1 rings (SSSR count). The molecule has 0 N–H and O–H groups in total. The standard InChI is InChI=1S/C11H16F2N2O2/c1-2-5-15-6-4-14-11(15)9(16)3-7-17-8-10(12)13/h4,6,10H,2-3,5,7-8H2,1H3. The quantitative estimate of drug-likeness (QED) is 0.521. The summed E-state index contributed by atoms with van der Waals surface area (Å²) in [6.07, 6.45) is 1.78. The van der Waals surface area contributed by atoms with Crippen LogP contribution in [0.4, 0.5) is 8.78 Å². The molecule has 0 bridgehead atoms. The van der Waals surface area contributed by atoms with Crippen LogP contribution in [0.25, 0.3) is 0 Å². The molecule has 96 valence electrons. The SMILES string of the molecule is CCCn1ccnc1C(=O)CCOCC(F)F. The summed E-state index contributed by atoms with van der Waals surface area (Å²) in [7, 11) is 0. The molecule has 0 atom stereocenters. The van der Waals surface area contributed by atoms with Gasteiger partial charge in [0, 0.05) is 25.4 Å². The van der Waals surface area contributed by atoms with Crippen LogP contribution >= 0.6 is 0 Å². The number of ketones is 1. The summed E-state index contributed by atoms with van der Waals surface area (Å²) in [5.41, 5.74) is 0. The first-order valence-corrected chi connectivity index (χ1v) is 5.55. The minimum atomic E-state index is -2.49. The van der Waals surface area contributed by atoms with Crippen molar-refractivity contribution in [1.29, 1.82) is 0 Å². The van der Waals surface area contributed by atoms with E-state index in [2.05, 4.69) is 9.72 Å². The van der Waals surface area contributed by atoms with E-state index in [1.165, 1.54) is 0 Å². The van der Waals surface area contributed by atoms with Gasteiger partial charge in [-0.2, -0.15) is 0 Å². The van der Waals surface area contributed by atoms with Crippen LogP contribution in [-0.2, 0) is 11.3 Å². The number of carbonyl (C=O) groups is 1. The molecule has 6 heteroatoms. The second kappa shape index (κ2) is 7.11. The van der Waals surface area contributed by atoms with E-state index in [4.69, 9.17) is 0 Å². The summed E-state index contributed by atoms with van der Waals surface area (Å²) in [6.45, 7) is 2.10. The lowest BCUT2D eigenvalue weighted by Gasteiger charge is -2.05. The number of alkyl halides is 2. The van der Waals surface area contributed by atoms with Crippen molar-refractivity contribution in [2.45, 2.75) is 32.7 Å². The maximum Gasteiger partial charge on any atom is 0.261 e. The Morgan fingerprint density at radius 3 is 3.00 bits per heavy atom. The van der Waals surface area contributed by atoms with E-state index in [9.17, 15) is 13.6 Å². The molecule has 0 unspecified atom stereocenters. The van der Waals surface area contributed by atoms with Gasteiger partial charge in [-0.25, -0.2) is 13.8 Å². The van der Waals surface area contributed by atoms with Gasteiger partial charge in [0.05, 0.1) is 6.61 Å². The Balaban J connectivity index is 2.38. The number of ether oxygens (including phenoxy) is 1. The summed E-state index contributed by atoms with van der Waals surface area (Å²) in [5.74, 6) is 0.185. The lowest BCUT2D eigenvalue weighted by atomic mass is 10.3. The molecule has 1 heterocycles. The van der Waals surface area contributed by atoms with Crippen molar-refractivity contribution in [3.05, 3.63) is 18.2 Å². The Morgan fingerprint density at radius 2 is 2.35 bits per heavy atom. The van der Waals surface area contributed by atoms with E-state index in [-0.39, 0.29) is 18.8 Å². The predicted octanol–water partition coefficient (Wildman–Crippen LogP) is 2.15. The van der Waals surface area contributed by atoms with Crippen LogP contribution in [0.15, 0.2) is 12.4 Å². The Hall–Kier alpha value is -1.30. The number of aryl methyl sites for hydroxylation is 1. The molecule has 0 saturated carbocycles. The van der Waals surface area contributed by atoms with E-state index >= 15 is 0 Å². The topological polar surface area (TPSA) is 44.1 Å². The van der Waals surface area contributed by atoms with Gasteiger partial charge in [0.25, 0.3) is 6.43 Å². The first kappa shape index (κ1) is 13.8. The monoisotopic (exact) mass is 246 g/mol. The zero-order valence-corrected chi connectivity index (χ0v) is 9.73. The van der Waals surface area contributed by atoms with Crippen molar-refractivity contribution in [1.82, 2.24) is 9.55 Å². The van der Waals surface area contributed by atoms with Gasteiger partial charge in [-0.05, 0) is 6.42 Å². The van der Waals surface area contributed by atoms with Crippen LogP contribution in [0.5, 0.6) is 0 Å². The fourth-order valence-electron chi connectivity index (χ4n) is 1.43. The van der Waals surface area contributed by atoms with Gasteiger partial charge in [0.1, 0.15) is 6.61 Å². The Labute approximate surface area is 98.6 Å². The van der Waals surface area contributed by atoms with E-state index in [1.807, 2.05) is 6.92 Å². The highest BCUT2D eigenvalue weighted by Gasteiger charge is 2.12. The fraction of sp³-hybridized carbons (Fsp3) is 0.636. The van der Waals surface area contributed by atoms with Crippen molar-refractivity contribution in [3.63, 3.8) is 0 Å². The second-order valence-electron chi connectivity index (χ2n) is 3.58. The number of nitrogens with zero attached hydrogens (tertiary/aromatic N) is 2. The largest absolute Gasteiger partial charge is 0.375 e. The highest BCUT2D eigenvalue weighted by Crippen LogP contribution is 2.04. The van der Waals surface area contributed by atoms with E-state index < -0.39 is 13.0 Å². The molecular formula is C11H16F2N2O2. The Kier molecular flexibility index (Phi) is 5.76. The highest BCUT2D eigenvalue weighted by atomic mass is 19.3. The minimum absolute atomic E-state index is 0.00214. The van der Waals surface area contributed by atoms with E-state index in [0.717, 1.165) is 13.0 Å². The fourth-order valence-corrected chi connectivity index (χ4v) is 1.43. The summed E-state index contributed by atoms with van der Waals surface area (Å²) >= 11 is 0. The molecule has 0 aliphatic rings. The maximum absolute atomic E-state index is 11.8. The first-order valence-electron chi connectivity index (χ1n) is 5.55. The third kappa shape index (κ3) is 4.60. The molecule has 17 heavy (non-hydrogen) atoms. The van der Waals surface area contributed by atoms with Gasteiger partial charge in [-0.3, -0.25) is 4.79 Å². The van der Waals surface area contributed by atoms with E-state index in [1.54, 1.807) is 17.0 Å². The molecule has 1 aromatic heterocycles. The van der Waals surface area contributed by atoms with Crippen LogP contribution in [0.2, 0.25) is 0 Å². The number of hydrogen-bond acceptors (Lipinski definition) is 3. The lowest BCUT2D eigenvalue weighted by molar-refractivity contribution is 0.0168. The summed E-state index contributed by atoms with van der Waals surface area (Å²) in [5, 5.41) is 0. The molecule has 0 fully saturated rings. The summed E-state index contributed by atoms with van der Waals surface area (Å²) < 4.78 is 30.0. The third-order valence-electron chi connectivity index (χ3n) is 2.15. The van der Waals surface area contributed by atoms with Crippen molar-refractivity contribution < 1.29 is 18.3 Å². The number of rotatable bonds is 8. The van der Waals surface area contributed by atoms with Gasteiger partial charge in [-0.15, -0.1) is 0 Å². The molecule has 0 amide bonds. The predicted molar refractivity (Wildman–Crippen MR) is 58.3 cm³/mol. The maximum atomic E-state index is 11.8. The minimum Gasteiger partial charge on any atom is -0.375 e.